The fourth-order valence-corrected chi connectivity index (χ4v) is 3.71. The van der Waals surface area contributed by atoms with Gasteiger partial charge in [0.15, 0.2) is 14.8 Å². The number of carbonyl (C=O) groups is 1. The zero-order valence-electron chi connectivity index (χ0n) is 12.4. The van der Waals surface area contributed by atoms with Crippen LogP contribution in [0.15, 0.2) is 42.0 Å². The monoisotopic (exact) mass is 349 g/mol. The summed E-state index contributed by atoms with van der Waals surface area (Å²) >= 11 is 1.53. The van der Waals surface area contributed by atoms with Crippen LogP contribution < -0.4 is 5.32 Å². The molecular formula is C15H15N3O3S2. The summed E-state index contributed by atoms with van der Waals surface area (Å²) in [6.07, 6.45) is 4.98. The van der Waals surface area contributed by atoms with Crippen LogP contribution in [0.1, 0.15) is 21.6 Å². The van der Waals surface area contributed by atoms with Crippen molar-refractivity contribution in [3.63, 3.8) is 0 Å². The van der Waals surface area contributed by atoms with E-state index in [0.717, 1.165) is 10.7 Å². The molecule has 3 rings (SSSR count). The zero-order valence-corrected chi connectivity index (χ0v) is 14.0. The Kier molecular flexibility index (Phi) is 4.18. The quantitative estimate of drug-likeness (QED) is 0.762. The standard InChI is InChI=1S/C15H15N3O3S2/c1-23(20,21)10-11-2-4-12(5-3-11)14(19)16-8-13-9-18-6-7-22-15(18)17-13/h2-7,9H,8,10H2,1H3,(H,16,19). The van der Waals surface area contributed by atoms with Crippen molar-refractivity contribution in [3.05, 3.63) is 58.9 Å². The minimum absolute atomic E-state index is 0.0275. The lowest BCUT2D eigenvalue weighted by molar-refractivity contribution is 0.0950. The van der Waals surface area contributed by atoms with Crippen molar-refractivity contribution in [1.29, 1.82) is 0 Å². The first-order valence-corrected chi connectivity index (χ1v) is 9.81. The van der Waals surface area contributed by atoms with Crippen molar-refractivity contribution in [1.82, 2.24) is 14.7 Å². The molecule has 0 bridgehead atoms. The van der Waals surface area contributed by atoms with Crippen molar-refractivity contribution >= 4 is 32.0 Å². The fraction of sp³-hybridized carbons (Fsp3) is 0.200. The molecule has 0 aliphatic heterocycles. The van der Waals surface area contributed by atoms with Crippen molar-refractivity contribution in [3.8, 4) is 0 Å². The Labute approximate surface area is 137 Å². The fourth-order valence-electron chi connectivity index (χ4n) is 2.19. The van der Waals surface area contributed by atoms with Gasteiger partial charge in [-0.05, 0) is 17.7 Å². The Morgan fingerprint density at radius 1 is 1.30 bits per heavy atom. The van der Waals surface area contributed by atoms with Gasteiger partial charge in [0, 0.05) is 29.6 Å². The van der Waals surface area contributed by atoms with Gasteiger partial charge in [0.25, 0.3) is 5.91 Å². The normalized spacial score (nSPS) is 11.7. The summed E-state index contributed by atoms with van der Waals surface area (Å²) in [6.45, 7) is 0.346. The van der Waals surface area contributed by atoms with Gasteiger partial charge in [0.2, 0.25) is 0 Å². The predicted octanol–water partition coefficient (Wildman–Crippen LogP) is 1.87. The van der Waals surface area contributed by atoms with Crippen LogP contribution in [0.25, 0.3) is 4.96 Å². The third-order valence-corrected chi connectivity index (χ3v) is 4.85. The number of rotatable bonds is 5. The largest absolute Gasteiger partial charge is 0.346 e. The third kappa shape index (κ3) is 3.96. The number of aromatic nitrogens is 2. The number of imidazole rings is 1. The van der Waals surface area contributed by atoms with Crippen LogP contribution in [0.4, 0.5) is 0 Å². The van der Waals surface area contributed by atoms with Gasteiger partial charge in [-0.15, -0.1) is 11.3 Å². The lowest BCUT2D eigenvalue weighted by atomic mass is 10.1. The predicted molar refractivity (Wildman–Crippen MR) is 89.2 cm³/mol. The third-order valence-electron chi connectivity index (χ3n) is 3.22. The highest BCUT2D eigenvalue weighted by molar-refractivity contribution is 7.89. The molecule has 0 spiro atoms. The lowest BCUT2D eigenvalue weighted by Crippen LogP contribution is -2.22. The summed E-state index contributed by atoms with van der Waals surface area (Å²) < 4.78 is 24.4. The van der Waals surface area contributed by atoms with Gasteiger partial charge >= 0.3 is 0 Å². The van der Waals surface area contributed by atoms with Gasteiger partial charge in [-0.2, -0.15) is 0 Å². The number of benzene rings is 1. The number of nitrogens with zero attached hydrogens (tertiary/aromatic N) is 2. The van der Waals surface area contributed by atoms with E-state index < -0.39 is 9.84 Å². The van der Waals surface area contributed by atoms with Crippen molar-refractivity contribution in [2.45, 2.75) is 12.3 Å². The Hall–Kier alpha value is -2.19. The minimum Gasteiger partial charge on any atom is -0.346 e. The van der Waals surface area contributed by atoms with Crippen LogP contribution in [0.5, 0.6) is 0 Å². The second-order valence-electron chi connectivity index (χ2n) is 5.27. The first kappa shape index (κ1) is 15.7. The van der Waals surface area contributed by atoms with E-state index >= 15 is 0 Å². The van der Waals surface area contributed by atoms with Gasteiger partial charge < -0.3 is 5.32 Å². The van der Waals surface area contributed by atoms with E-state index in [1.54, 1.807) is 24.3 Å². The van der Waals surface area contributed by atoms with E-state index in [4.69, 9.17) is 0 Å². The second-order valence-corrected chi connectivity index (χ2v) is 8.29. The molecule has 1 amide bonds. The van der Waals surface area contributed by atoms with E-state index in [0.29, 0.717) is 17.7 Å². The highest BCUT2D eigenvalue weighted by Crippen LogP contribution is 2.12. The van der Waals surface area contributed by atoms with E-state index in [9.17, 15) is 13.2 Å². The highest BCUT2D eigenvalue weighted by atomic mass is 32.2. The smallest absolute Gasteiger partial charge is 0.251 e. The molecule has 0 saturated heterocycles. The topological polar surface area (TPSA) is 80.5 Å². The number of sulfone groups is 1. The number of carbonyl (C=O) groups excluding carboxylic acids is 1. The minimum atomic E-state index is -3.07. The van der Waals surface area contributed by atoms with Crippen molar-refractivity contribution in [2.24, 2.45) is 0 Å². The molecule has 0 atom stereocenters. The molecule has 120 valence electrons. The molecule has 1 N–H and O–H groups in total. The van der Waals surface area contributed by atoms with E-state index in [1.807, 2.05) is 22.2 Å². The molecule has 1 aromatic carbocycles. The average Bonchev–Trinajstić information content (AvgIpc) is 3.04. The summed E-state index contributed by atoms with van der Waals surface area (Å²) in [7, 11) is -3.07. The van der Waals surface area contributed by atoms with Crippen LogP contribution in [-0.2, 0) is 22.1 Å². The summed E-state index contributed by atoms with van der Waals surface area (Å²) in [5.41, 5.74) is 1.94. The van der Waals surface area contributed by atoms with E-state index in [-0.39, 0.29) is 11.7 Å². The van der Waals surface area contributed by atoms with E-state index in [2.05, 4.69) is 10.3 Å². The number of fused-ring (bicyclic) bond motifs is 1. The number of amides is 1. The Morgan fingerprint density at radius 2 is 2.04 bits per heavy atom. The maximum atomic E-state index is 12.1. The van der Waals surface area contributed by atoms with Gasteiger partial charge in [0.05, 0.1) is 18.0 Å². The number of nitrogens with one attached hydrogen (secondary N) is 1. The number of thiazole rings is 1. The summed E-state index contributed by atoms with van der Waals surface area (Å²) in [6, 6.07) is 6.56. The van der Waals surface area contributed by atoms with Gasteiger partial charge in [-0.3, -0.25) is 9.20 Å². The van der Waals surface area contributed by atoms with Crippen LogP contribution in [0.3, 0.4) is 0 Å². The molecule has 3 aromatic rings. The first-order chi connectivity index (χ1) is 10.9. The van der Waals surface area contributed by atoms with Gasteiger partial charge in [0.1, 0.15) is 0 Å². The highest BCUT2D eigenvalue weighted by Gasteiger charge is 2.09. The second kappa shape index (κ2) is 6.13. The molecule has 8 heteroatoms. The number of hydrogen-bond acceptors (Lipinski definition) is 5. The Morgan fingerprint density at radius 3 is 2.70 bits per heavy atom. The molecular weight excluding hydrogens is 334 g/mol. The number of hydrogen-bond donors (Lipinski definition) is 1. The molecule has 6 nitrogen and oxygen atoms in total. The molecule has 0 aliphatic rings. The molecule has 0 aliphatic carbocycles. The summed E-state index contributed by atoms with van der Waals surface area (Å²) in [5, 5.41) is 4.75. The van der Waals surface area contributed by atoms with Crippen LogP contribution in [0, 0.1) is 0 Å². The Bertz CT molecular complexity index is 911. The summed E-state index contributed by atoms with van der Waals surface area (Å²) in [4.78, 5) is 17.4. The van der Waals surface area contributed by atoms with Crippen molar-refractivity contribution in [2.75, 3.05) is 6.26 Å². The molecule has 0 unspecified atom stereocenters. The maximum Gasteiger partial charge on any atom is 0.251 e. The van der Waals surface area contributed by atoms with Crippen molar-refractivity contribution < 1.29 is 13.2 Å². The zero-order chi connectivity index (χ0) is 16.4. The molecule has 0 fully saturated rings. The molecule has 0 saturated carbocycles. The lowest BCUT2D eigenvalue weighted by Gasteiger charge is -2.05. The van der Waals surface area contributed by atoms with Gasteiger partial charge in [-0.25, -0.2) is 13.4 Å². The molecule has 2 heterocycles. The van der Waals surface area contributed by atoms with Crippen LogP contribution >= 0.6 is 11.3 Å². The van der Waals surface area contributed by atoms with Crippen LogP contribution in [0.2, 0.25) is 0 Å². The SMILES string of the molecule is CS(=O)(=O)Cc1ccc(C(=O)NCc2cn3ccsc3n2)cc1. The summed E-state index contributed by atoms with van der Waals surface area (Å²) in [5.74, 6) is -0.243. The Balaban J connectivity index is 1.62. The first-order valence-electron chi connectivity index (χ1n) is 6.87. The molecule has 0 radical (unpaired) electrons. The van der Waals surface area contributed by atoms with Crippen LogP contribution in [-0.4, -0.2) is 30.0 Å². The molecule has 2 aromatic heterocycles. The average molecular weight is 349 g/mol. The molecule has 23 heavy (non-hydrogen) atoms. The maximum absolute atomic E-state index is 12.1. The van der Waals surface area contributed by atoms with E-state index in [1.165, 1.54) is 17.6 Å². The van der Waals surface area contributed by atoms with Gasteiger partial charge in [-0.1, -0.05) is 12.1 Å².